The number of ether oxygens (including phenoxy) is 2. The number of hydrogen-bond acceptors (Lipinski definition) is 3. The molecule has 1 unspecified atom stereocenters. The fourth-order valence-corrected chi connectivity index (χ4v) is 1.76. The van der Waals surface area contributed by atoms with Gasteiger partial charge in [0.2, 0.25) is 0 Å². The summed E-state index contributed by atoms with van der Waals surface area (Å²) in [6.07, 6.45) is 0. The second-order valence-electron chi connectivity index (χ2n) is 3.80. The Kier molecular flexibility index (Phi) is 3.78. The van der Waals surface area contributed by atoms with Gasteiger partial charge in [-0.15, -0.1) is 0 Å². The highest BCUT2D eigenvalue weighted by Crippen LogP contribution is 2.36. The van der Waals surface area contributed by atoms with Crippen molar-refractivity contribution in [2.75, 3.05) is 14.2 Å². The monoisotopic (exact) mass is 219 g/mol. The van der Waals surface area contributed by atoms with Gasteiger partial charge < -0.3 is 9.47 Å². The summed E-state index contributed by atoms with van der Waals surface area (Å²) in [6, 6.07) is 4.10. The smallest absolute Gasteiger partial charge is 0.126 e. The first-order valence-electron chi connectivity index (χ1n) is 5.18. The highest BCUT2D eigenvalue weighted by Gasteiger charge is 2.17. The van der Waals surface area contributed by atoms with Gasteiger partial charge in [0.05, 0.1) is 26.2 Å². The summed E-state index contributed by atoms with van der Waals surface area (Å²) in [4.78, 5) is 0. The molecule has 0 saturated heterocycles. The van der Waals surface area contributed by atoms with E-state index < -0.39 is 0 Å². The molecule has 86 valence electrons. The molecule has 0 aromatic heterocycles. The lowest BCUT2D eigenvalue weighted by Crippen LogP contribution is -2.01. The summed E-state index contributed by atoms with van der Waals surface area (Å²) in [5.41, 5.74) is 2.96. The lowest BCUT2D eigenvalue weighted by atomic mass is 9.95. The van der Waals surface area contributed by atoms with Gasteiger partial charge >= 0.3 is 0 Å². The van der Waals surface area contributed by atoms with E-state index in [0.717, 1.165) is 28.2 Å². The molecule has 0 fully saturated rings. The Hall–Kier alpha value is -1.69. The molecule has 1 rings (SSSR count). The van der Waals surface area contributed by atoms with Crippen LogP contribution in [0.25, 0.3) is 0 Å². The van der Waals surface area contributed by atoms with Gasteiger partial charge in [-0.3, -0.25) is 0 Å². The Bertz CT molecular complexity index is 433. The lowest BCUT2D eigenvalue weighted by molar-refractivity contribution is 0.393. The Morgan fingerprint density at radius 2 is 1.81 bits per heavy atom. The summed E-state index contributed by atoms with van der Waals surface area (Å²) in [5.74, 6) is 1.38. The average molecular weight is 219 g/mol. The predicted octanol–water partition coefficient (Wildman–Crippen LogP) is 2.95. The van der Waals surface area contributed by atoms with Crippen LogP contribution in [-0.4, -0.2) is 14.2 Å². The van der Waals surface area contributed by atoms with Crippen LogP contribution >= 0.6 is 0 Å². The zero-order valence-corrected chi connectivity index (χ0v) is 10.4. The number of hydrogen-bond donors (Lipinski definition) is 0. The van der Waals surface area contributed by atoms with E-state index in [4.69, 9.17) is 14.7 Å². The number of benzene rings is 1. The largest absolute Gasteiger partial charge is 0.496 e. The van der Waals surface area contributed by atoms with E-state index in [9.17, 15) is 0 Å². The van der Waals surface area contributed by atoms with Crippen LogP contribution in [0.5, 0.6) is 11.5 Å². The van der Waals surface area contributed by atoms with Crippen molar-refractivity contribution < 1.29 is 9.47 Å². The second-order valence-corrected chi connectivity index (χ2v) is 3.80. The highest BCUT2D eigenvalue weighted by atomic mass is 16.5. The second kappa shape index (κ2) is 4.89. The van der Waals surface area contributed by atoms with E-state index in [2.05, 4.69) is 6.07 Å². The van der Waals surface area contributed by atoms with Gasteiger partial charge in [-0.1, -0.05) is 0 Å². The van der Waals surface area contributed by atoms with E-state index in [1.54, 1.807) is 14.2 Å². The van der Waals surface area contributed by atoms with Crippen LogP contribution in [0.1, 0.15) is 29.5 Å². The molecule has 1 atom stereocenters. The van der Waals surface area contributed by atoms with Gasteiger partial charge in [0.1, 0.15) is 11.5 Å². The van der Waals surface area contributed by atoms with Crippen molar-refractivity contribution in [3.05, 3.63) is 22.8 Å². The summed E-state index contributed by atoms with van der Waals surface area (Å²) < 4.78 is 10.7. The van der Waals surface area contributed by atoms with Crippen LogP contribution in [0, 0.1) is 25.2 Å². The first-order chi connectivity index (χ1) is 7.56. The van der Waals surface area contributed by atoms with Gasteiger partial charge in [-0.05, 0) is 38.0 Å². The molecular formula is C13H17NO2. The van der Waals surface area contributed by atoms with Crippen molar-refractivity contribution in [2.45, 2.75) is 26.7 Å². The molecular weight excluding hydrogens is 202 g/mol. The Morgan fingerprint density at radius 3 is 2.25 bits per heavy atom. The minimum Gasteiger partial charge on any atom is -0.496 e. The van der Waals surface area contributed by atoms with Crippen molar-refractivity contribution in [2.24, 2.45) is 0 Å². The number of nitriles is 1. The third kappa shape index (κ3) is 1.96. The molecule has 16 heavy (non-hydrogen) atoms. The summed E-state index contributed by atoms with van der Waals surface area (Å²) in [5, 5.41) is 8.99. The summed E-state index contributed by atoms with van der Waals surface area (Å²) in [7, 11) is 3.26. The molecule has 0 saturated carbocycles. The average Bonchev–Trinajstić information content (AvgIpc) is 2.31. The van der Waals surface area contributed by atoms with Crippen molar-refractivity contribution in [3.63, 3.8) is 0 Å². The van der Waals surface area contributed by atoms with Crippen LogP contribution < -0.4 is 9.47 Å². The highest BCUT2D eigenvalue weighted by molar-refractivity contribution is 5.54. The van der Waals surface area contributed by atoms with Crippen molar-refractivity contribution in [1.82, 2.24) is 0 Å². The fourth-order valence-electron chi connectivity index (χ4n) is 1.76. The maximum atomic E-state index is 8.99. The van der Waals surface area contributed by atoms with Gasteiger partial charge in [0.25, 0.3) is 0 Å². The molecule has 1 aromatic rings. The molecule has 0 N–H and O–H groups in total. The van der Waals surface area contributed by atoms with Crippen LogP contribution in [-0.2, 0) is 0 Å². The SMILES string of the molecule is COc1cc(C(C)C#N)c(OC)c(C)c1C. The van der Waals surface area contributed by atoms with Gasteiger partial charge in [0, 0.05) is 5.56 Å². The molecule has 0 heterocycles. The van der Waals surface area contributed by atoms with Gasteiger partial charge in [-0.2, -0.15) is 5.26 Å². The maximum absolute atomic E-state index is 8.99. The summed E-state index contributed by atoms with van der Waals surface area (Å²) >= 11 is 0. The molecule has 3 heteroatoms. The Balaban J connectivity index is 3.48. The zero-order valence-electron chi connectivity index (χ0n) is 10.4. The summed E-state index contributed by atoms with van der Waals surface area (Å²) in [6.45, 7) is 5.81. The number of methoxy groups -OCH3 is 2. The van der Waals surface area contributed by atoms with Crippen molar-refractivity contribution in [3.8, 4) is 17.6 Å². The van der Waals surface area contributed by atoms with Crippen LogP contribution in [0.3, 0.4) is 0 Å². The van der Waals surface area contributed by atoms with Gasteiger partial charge in [0.15, 0.2) is 0 Å². The molecule has 0 aliphatic carbocycles. The Labute approximate surface area is 96.6 Å². The topological polar surface area (TPSA) is 42.2 Å². The van der Waals surface area contributed by atoms with Crippen LogP contribution in [0.2, 0.25) is 0 Å². The quantitative estimate of drug-likeness (QED) is 0.784. The van der Waals surface area contributed by atoms with Crippen LogP contribution in [0.15, 0.2) is 6.07 Å². The fraction of sp³-hybridized carbons (Fsp3) is 0.462. The zero-order chi connectivity index (χ0) is 12.3. The lowest BCUT2D eigenvalue weighted by Gasteiger charge is -2.17. The first-order valence-corrected chi connectivity index (χ1v) is 5.18. The van der Waals surface area contributed by atoms with E-state index in [1.807, 2.05) is 26.8 Å². The van der Waals surface area contributed by atoms with Crippen molar-refractivity contribution >= 4 is 0 Å². The molecule has 1 aromatic carbocycles. The minimum absolute atomic E-state index is 0.205. The molecule has 0 bridgehead atoms. The third-order valence-corrected chi connectivity index (χ3v) is 2.91. The number of rotatable bonds is 3. The molecule has 0 amide bonds. The van der Waals surface area contributed by atoms with Crippen molar-refractivity contribution in [1.29, 1.82) is 5.26 Å². The molecule has 0 radical (unpaired) electrons. The number of nitrogens with zero attached hydrogens (tertiary/aromatic N) is 1. The molecule has 0 spiro atoms. The standard InChI is InChI=1S/C13H17NO2/c1-8(7-14)11-6-12(15-4)9(2)10(3)13(11)16-5/h6,8H,1-5H3. The molecule has 3 nitrogen and oxygen atoms in total. The third-order valence-electron chi connectivity index (χ3n) is 2.91. The van der Waals surface area contributed by atoms with E-state index in [-0.39, 0.29) is 5.92 Å². The minimum atomic E-state index is -0.205. The normalized spacial score (nSPS) is 11.8. The maximum Gasteiger partial charge on any atom is 0.126 e. The molecule has 0 aliphatic rings. The predicted molar refractivity (Wildman–Crippen MR) is 63.0 cm³/mol. The van der Waals surface area contributed by atoms with E-state index >= 15 is 0 Å². The van der Waals surface area contributed by atoms with E-state index in [0.29, 0.717) is 0 Å². The van der Waals surface area contributed by atoms with Gasteiger partial charge in [-0.25, -0.2) is 0 Å². The first kappa shape index (κ1) is 12.4. The Morgan fingerprint density at radius 1 is 1.19 bits per heavy atom. The molecule has 0 aliphatic heterocycles. The van der Waals surface area contributed by atoms with Crippen LogP contribution in [0.4, 0.5) is 0 Å². The van der Waals surface area contributed by atoms with E-state index in [1.165, 1.54) is 0 Å².